The normalized spacial score (nSPS) is 10.1. The van der Waals surface area contributed by atoms with Crippen molar-refractivity contribution in [2.24, 2.45) is 5.11 Å². The molecule has 14 heavy (non-hydrogen) atoms. The molecule has 0 bridgehead atoms. The maximum absolute atomic E-state index is 8.05. The van der Waals surface area contributed by atoms with Gasteiger partial charge < -0.3 is 0 Å². The first-order chi connectivity index (χ1) is 6.74. The van der Waals surface area contributed by atoms with Gasteiger partial charge in [0.05, 0.1) is 0 Å². The number of aryl methyl sites for hydroxylation is 1. The van der Waals surface area contributed by atoms with Gasteiger partial charge in [-0.15, -0.1) is 0 Å². The standard InChI is InChI=1S/C10H10ClN3/c1-8-7-9(4-5-10(8)11)3-2-6-13-14-12/h2-5,7H,6H2,1H3. The summed E-state index contributed by atoms with van der Waals surface area (Å²) in [6, 6.07) is 5.75. The maximum atomic E-state index is 8.05. The van der Waals surface area contributed by atoms with Crippen LogP contribution in [0.2, 0.25) is 5.02 Å². The highest BCUT2D eigenvalue weighted by molar-refractivity contribution is 6.31. The van der Waals surface area contributed by atoms with E-state index >= 15 is 0 Å². The van der Waals surface area contributed by atoms with Crippen molar-refractivity contribution >= 4 is 17.7 Å². The molecule has 0 heterocycles. The van der Waals surface area contributed by atoms with Crippen LogP contribution in [0, 0.1) is 6.92 Å². The fourth-order valence-corrected chi connectivity index (χ4v) is 1.16. The molecule has 1 rings (SSSR count). The lowest BCUT2D eigenvalue weighted by Crippen LogP contribution is -1.78. The van der Waals surface area contributed by atoms with Crippen molar-refractivity contribution in [2.75, 3.05) is 6.54 Å². The summed E-state index contributed by atoms with van der Waals surface area (Å²) in [7, 11) is 0. The largest absolute Gasteiger partial charge is 0.0899 e. The van der Waals surface area contributed by atoms with Gasteiger partial charge in [-0.25, -0.2) is 0 Å². The van der Waals surface area contributed by atoms with E-state index in [0.29, 0.717) is 6.54 Å². The van der Waals surface area contributed by atoms with Crippen LogP contribution in [0.4, 0.5) is 0 Å². The van der Waals surface area contributed by atoms with Crippen LogP contribution in [0.1, 0.15) is 11.1 Å². The Morgan fingerprint density at radius 1 is 1.57 bits per heavy atom. The Hall–Kier alpha value is -1.44. The van der Waals surface area contributed by atoms with Gasteiger partial charge in [0.25, 0.3) is 0 Å². The summed E-state index contributed by atoms with van der Waals surface area (Å²) in [5.41, 5.74) is 10.1. The number of nitrogens with zero attached hydrogens (tertiary/aromatic N) is 3. The molecule has 0 N–H and O–H groups in total. The SMILES string of the molecule is Cc1cc(C=CCN=[N+]=[N-])ccc1Cl. The monoisotopic (exact) mass is 207 g/mol. The molecule has 0 saturated carbocycles. The van der Waals surface area contributed by atoms with Gasteiger partial charge in [0.15, 0.2) is 0 Å². The molecule has 1 aromatic rings. The number of hydrogen-bond donors (Lipinski definition) is 0. The van der Waals surface area contributed by atoms with Gasteiger partial charge in [0.2, 0.25) is 0 Å². The summed E-state index contributed by atoms with van der Waals surface area (Å²) < 4.78 is 0. The molecule has 1 aromatic carbocycles. The lowest BCUT2D eigenvalue weighted by Gasteiger charge is -1.98. The first-order valence-electron chi connectivity index (χ1n) is 4.17. The van der Waals surface area contributed by atoms with E-state index in [1.165, 1.54) is 0 Å². The van der Waals surface area contributed by atoms with Crippen LogP contribution >= 0.6 is 11.6 Å². The van der Waals surface area contributed by atoms with Gasteiger partial charge in [-0.2, -0.15) is 0 Å². The minimum Gasteiger partial charge on any atom is -0.0899 e. The average molecular weight is 208 g/mol. The molecule has 0 aliphatic carbocycles. The lowest BCUT2D eigenvalue weighted by atomic mass is 10.1. The number of benzene rings is 1. The Morgan fingerprint density at radius 3 is 3.00 bits per heavy atom. The van der Waals surface area contributed by atoms with Crippen LogP contribution in [0.15, 0.2) is 29.4 Å². The second kappa shape index (κ2) is 5.32. The third-order valence-electron chi connectivity index (χ3n) is 1.74. The average Bonchev–Trinajstić information content (AvgIpc) is 2.18. The third-order valence-corrected chi connectivity index (χ3v) is 2.17. The van der Waals surface area contributed by atoms with E-state index in [0.717, 1.165) is 16.1 Å². The van der Waals surface area contributed by atoms with Crippen LogP contribution < -0.4 is 0 Å². The molecule has 3 nitrogen and oxygen atoms in total. The first-order valence-corrected chi connectivity index (χ1v) is 4.55. The minimum atomic E-state index is 0.373. The van der Waals surface area contributed by atoms with E-state index < -0.39 is 0 Å². The zero-order chi connectivity index (χ0) is 10.4. The topological polar surface area (TPSA) is 48.8 Å². The van der Waals surface area contributed by atoms with Gasteiger partial charge in [0.1, 0.15) is 0 Å². The predicted molar refractivity (Wildman–Crippen MR) is 59.2 cm³/mol. The van der Waals surface area contributed by atoms with E-state index in [1.54, 1.807) is 0 Å². The van der Waals surface area contributed by atoms with Crippen molar-refractivity contribution in [3.8, 4) is 0 Å². The smallest absolute Gasteiger partial charge is 0.0443 e. The lowest BCUT2D eigenvalue weighted by molar-refractivity contribution is 1.22. The highest BCUT2D eigenvalue weighted by atomic mass is 35.5. The molecule has 4 heteroatoms. The first kappa shape index (κ1) is 10.6. The van der Waals surface area contributed by atoms with E-state index in [9.17, 15) is 0 Å². The van der Waals surface area contributed by atoms with Crippen molar-refractivity contribution in [2.45, 2.75) is 6.92 Å². The summed E-state index contributed by atoms with van der Waals surface area (Å²) >= 11 is 5.87. The molecule has 0 unspecified atom stereocenters. The molecule has 0 amide bonds. The number of halogens is 1. The van der Waals surface area contributed by atoms with Crippen molar-refractivity contribution in [3.05, 3.63) is 50.9 Å². The quantitative estimate of drug-likeness (QED) is 0.409. The summed E-state index contributed by atoms with van der Waals surface area (Å²) in [6.07, 6.45) is 3.71. The second-order valence-electron chi connectivity index (χ2n) is 2.82. The highest BCUT2D eigenvalue weighted by Crippen LogP contribution is 2.16. The molecule has 0 atom stereocenters. The van der Waals surface area contributed by atoms with Crippen LogP contribution in [0.3, 0.4) is 0 Å². The second-order valence-corrected chi connectivity index (χ2v) is 3.23. The van der Waals surface area contributed by atoms with Crippen LogP contribution in [-0.4, -0.2) is 6.54 Å². The maximum Gasteiger partial charge on any atom is 0.0443 e. The number of hydrogen-bond acceptors (Lipinski definition) is 1. The zero-order valence-electron chi connectivity index (χ0n) is 7.81. The van der Waals surface area contributed by atoms with Crippen LogP contribution in [0.5, 0.6) is 0 Å². The molecule has 0 saturated heterocycles. The van der Waals surface area contributed by atoms with E-state index in [2.05, 4.69) is 10.0 Å². The van der Waals surface area contributed by atoms with Gasteiger partial charge in [0, 0.05) is 16.5 Å². The summed E-state index contributed by atoms with van der Waals surface area (Å²) in [4.78, 5) is 2.65. The van der Waals surface area contributed by atoms with Gasteiger partial charge in [-0.1, -0.05) is 41.0 Å². The Kier molecular flexibility index (Phi) is 4.05. The molecule has 0 aromatic heterocycles. The number of azide groups is 1. The highest BCUT2D eigenvalue weighted by Gasteiger charge is 1.93. The molecule has 0 radical (unpaired) electrons. The van der Waals surface area contributed by atoms with E-state index in [-0.39, 0.29) is 0 Å². The van der Waals surface area contributed by atoms with E-state index in [1.807, 2.05) is 37.3 Å². The Balaban J connectivity index is 2.72. The molecule has 0 spiro atoms. The van der Waals surface area contributed by atoms with Crippen LogP contribution in [0.25, 0.3) is 16.5 Å². The molecular formula is C10H10ClN3. The summed E-state index contributed by atoms with van der Waals surface area (Å²) in [6.45, 7) is 2.32. The Morgan fingerprint density at radius 2 is 2.36 bits per heavy atom. The van der Waals surface area contributed by atoms with Crippen molar-refractivity contribution < 1.29 is 0 Å². The van der Waals surface area contributed by atoms with Crippen LogP contribution in [-0.2, 0) is 0 Å². The predicted octanol–water partition coefficient (Wildman–Crippen LogP) is 3.97. The molecular weight excluding hydrogens is 198 g/mol. The van der Waals surface area contributed by atoms with Gasteiger partial charge >= 0.3 is 0 Å². The van der Waals surface area contributed by atoms with Crippen molar-refractivity contribution in [3.63, 3.8) is 0 Å². The zero-order valence-corrected chi connectivity index (χ0v) is 8.57. The minimum absolute atomic E-state index is 0.373. The van der Waals surface area contributed by atoms with Crippen molar-refractivity contribution in [1.82, 2.24) is 0 Å². The van der Waals surface area contributed by atoms with Gasteiger partial charge in [-0.05, 0) is 29.6 Å². The molecule has 0 aliphatic heterocycles. The number of rotatable bonds is 3. The Bertz CT molecular complexity index is 392. The summed E-state index contributed by atoms with van der Waals surface area (Å²) in [5, 5.41) is 4.16. The molecule has 72 valence electrons. The fraction of sp³-hybridized carbons (Fsp3) is 0.200. The molecule has 0 aliphatic rings. The van der Waals surface area contributed by atoms with E-state index in [4.69, 9.17) is 17.1 Å². The third kappa shape index (κ3) is 3.13. The Labute approximate surface area is 87.6 Å². The summed E-state index contributed by atoms with van der Waals surface area (Å²) in [5.74, 6) is 0. The molecule has 0 fully saturated rings. The van der Waals surface area contributed by atoms with Crippen molar-refractivity contribution in [1.29, 1.82) is 0 Å². The van der Waals surface area contributed by atoms with Gasteiger partial charge in [-0.3, -0.25) is 0 Å². The fourth-order valence-electron chi connectivity index (χ4n) is 1.04.